The maximum atomic E-state index is 12.3. The molecule has 214 valence electrons. The van der Waals surface area contributed by atoms with Crippen molar-refractivity contribution in [2.45, 2.75) is 68.0 Å². The average molecular weight is 553 g/mol. The highest BCUT2D eigenvalue weighted by molar-refractivity contribution is 5.89. The Morgan fingerprint density at radius 3 is 2.08 bits per heavy atom. The summed E-state index contributed by atoms with van der Waals surface area (Å²) < 4.78 is 27.5. The first-order chi connectivity index (χ1) is 18.7. The number of benzene rings is 2. The van der Waals surface area contributed by atoms with Gasteiger partial charge in [0.25, 0.3) is 0 Å². The highest BCUT2D eigenvalue weighted by Crippen LogP contribution is 2.30. The molecule has 2 aromatic carbocycles. The number of rotatable bonds is 9. The number of carbonyl (C=O) groups excluding carboxylic acids is 1. The van der Waals surface area contributed by atoms with Gasteiger partial charge >= 0.3 is 5.97 Å². The van der Waals surface area contributed by atoms with E-state index in [1.54, 1.807) is 24.3 Å². The number of hydrogen-bond donors (Lipinski definition) is 7. The van der Waals surface area contributed by atoms with Gasteiger partial charge in [0.05, 0.1) is 18.8 Å². The van der Waals surface area contributed by atoms with E-state index < -0.39 is 80.6 Å². The molecule has 4 rings (SSSR count). The first kappa shape index (κ1) is 29.3. The molecule has 0 saturated carbocycles. The molecular weight excluding hydrogens is 520 g/mol. The van der Waals surface area contributed by atoms with Gasteiger partial charge in [0.2, 0.25) is 0 Å². The Morgan fingerprint density at radius 2 is 1.41 bits per heavy atom. The molecule has 0 aromatic heterocycles. The van der Waals surface area contributed by atoms with Crippen LogP contribution in [0.1, 0.15) is 15.9 Å². The number of phenolic OH excluding ortho intramolecular Hbond substituents is 1. The molecule has 0 bridgehead atoms. The van der Waals surface area contributed by atoms with E-state index in [9.17, 15) is 40.5 Å². The standard InChI is InChI=1S/C26H32O13/c27-10-16-23(20(31)22(33)25(37-16)36-11-13-4-2-1-3-5-13)39-26-21(32)19(30)18(29)17(38-26)12-35-24(34)14-6-8-15(28)9-7-14/h1-9,16-23,25-33H,10-12H2/t16-,17-,18-,19+,20-,21-,22-,23-,25-,26+/m1/s1. The number of carbonyl (C=O) groups is 1. The topological polar surface area (TPSA) is 205 Å². The Bertz CT molecular complexity index is 1050. The fourth-order valence-corrected chi connectivity index (χ4v) is 4.27. The van der Waals surface area contributed by atoms with E-state index in [-0.39, 0.29) is 17.9 Å². The molecule has 13 nitrogen and oxygen atoms in total. The van der Waals surface area contributed by atoms with Gasteiger partial charge in [-0.15, -0.1) is 0 Å². The summed E-state index contributed by atoms with van der Waals surface area (Å²) in [4.78, 5) is 12.3. The Labute approximate surface area is 223 Å². The Morgan fingerprint density at radius 1 is 0.769 bits per heavy atom. The summed E-state index contributed by atoms with van der Waals surface area (Å²) in [6, 6.07) is 14.2. The molecular formula is C26H32O13. The van der Waals surface area contributed by atoms with Crippen molar-refractivity contribution in [3.05, 3.63) is 65.7 Å². The Hall–Kier alpha value is -2.69. The lowest BCUT2D eigenvalue weighted by atomic mass is 9.97. The highest BCUT2D eigenvalue weighted by atomic mass is 16.7. The summed E-state index contributed by atoms with van der Waals surface area (Å²) in [5, 5.41) is 71.7. The van der Waals surface area contributed by atoms with Crippen LogP contribution in [0.3, 0.4) is 0 Å². The van der Waals surface area contributed by atoms with E-state index in [0.29, 0.717) is 0 Å². The smallest absolute Gasteiger partial charge is 0.338 e. The lowest BCUT2D eigenvalue weighted by Crippen LogP contribution is -2.64. The van der Waals surface area contributed by atoms with Crippen LogP contribution >= 0.6 is 0 Å². The van der Waals surface area contributed by atoms with Gasteiger partial charge in [0, 0.05) is 0 Å². The third-order valence-corrected chi connectivity index (χ3v) is 6.52. The minimum absolute atomic E-state index is 0.0519. The van der Waals surface area contributed by atoms with Crippen LogP contribution in [0.15, 0.2) is 54.6 Å². The van der Waals surface area contributed by atoms with Gasteiger partial charge in [-0.05, 0) is 29.8 Å². The van der Waals surface area contributed by atoms with E-state index in [0.717, 1.165) is 5.56 Å². The third kappa shape index (κ3) is 6.91. The molecule has 2 aliphatic heterocycles. The van der Waals surface area contributed by atoms with E-state index in [4.69, 9.17) is 23.7 Å². The lowest BCUT2D eigenvalue weighted by Gasteiger charge is -2.46. The van der Waals surface area contributed by atoms with Crippen molar-refractivity contribution in [3.63, 3.8) is 0 Å². The SMILES string of the molecule is O=C(OC[C@H]1O[C@@H](O[C@H]2[C@H](O)[C@@H](O)[C@H](OCc3ccccc3)O[C@@H]2CO)[C@H](O)[C@@H](O)[C@@H]1O)c1ccc(O)cc1. The molecule has 0 amide bonds. The fraction of sp³-hybridized carbons (Fsp3) is 0.500. The number of esters is 1. The van der Waals surface area contributed by atoms with Crippen molar-refractivity contribution in [1.29, 1.82) is 0 Å². The second kappa shape index (κ2) is 13.1. The minimum Gasteiger partial charge on any atom is -0.508 e. The number of aromatic hydroxyl groups is 1. The molecule has 2 fully saturated rings. The van der Waals surface area contributed by atoms with Crippen molar-refractivity contribution in [1.82, 2.24) is 0 Å². The van der Waals surface area contributed by atoms with Gasteiger partial charge in [-0.2, -0.15) is 0 Å². The van der Waals surface area contributed by atoms with Gasteiger partial charge < -0.3 is 59.4 Å². The summed E-state index contributed by atoms with van der Waals surface area (Å²) in [6.07, 6.45) is -15.5. The summed E-state index contributed by atoms with van der Waals surface area (Å²) in [5.41, 5.74) is 0.892. The number of hydrogen-bond acceptors (Lipinski definition) is 13. The fourth-order valence-electron chi connectivity index (χ4n) is 4.27. The van der Waals surface area contributed by atoms with Crippen LogP contribution in [-0.4, -0.2) is 116 Å². The van der Waals surface area contributed by atoms with Gasteiger partial charge in [0.15, 0.2) is 12.6 Å². The number of aliphatic hydroxyl groups is 6. The van der Waals surface area contributed by atoms with Gasteiger partial charge in [-0.25, -0.2) is 4.79 Å². The summed E-state index contributed by atoms with van der Waals surface area (Å²) in [7, 11) is 0. The predicted molar refractivity (Wildman–Crippen MR) is 129 cm³/mol. The van der Waals surface area contributed by atoms with Crippen LogP contribution in [0.5, 0.6) is 5.75 Å². The Kier molecular flexibility index (Phi) is 9.85. The molecule has 0 aliphatic carbocycles. The first-order valence-corrected chi connectivity index (χ1v) is 12.3. The summed E-state index contributed by atoms with van der Waals surface area (Å²) in [5.74, 6) is -0.853. The minimum atomic E-state index is -1.81. The maximum absolute atomic E-state index is 12.3. The maximum Gasteiger partial charge on any atom is 0.338 e. The monoisotopic (exact) mass is 552 g/mol. The van der Waals surface area contributed by atoms with Gasteiger partial charge in [0.1, 0.15) is 61.2 Å². The first-order valence-electron chi connectivity index (χ1n) is 12.3. The van der Waals surface area contributed by atoms with Gasteiger partial charge in [-0.1, -0.05) is 30.3 Å². The lowest BCUT2D eigenvalue weighted by molar-refractivity contribution is -0.360. The predicted octanol–water partition coefficient (Wildman–Crippen LogP) is -1.60. The molecule has 39 heavy (non-hydrogen) atoms. The van der Waals surface area contributed by atoms with Gasteiger partial charge in [-0.3, -0.25) is 0 Å². The third-order valence-electron chi connectivity index (χ3n) is 6.52. The molecule has 2 aromatic rings. The molecule has 7 N–H and O–H groups in total. The summed E-state index contributed by atoms with van der Waals surface area (Å²) >= 11 is 0. The van der Waals surface area contributed by atoms with Crippen LogP contribution in [-0.2, 0) is 30.3 Å². The van der Waals surface area contributed by atoms with Crippen molar-refractivity contribution >= 4 is 5.97 Å². The zero-order chi connectivity index (χ0) is 28.1. The number of aliphatic hydroxyl groups excluding tert-OH is 6. The molecule has 2 saturated heterocycles. The number of phenols is 1. The van der Waals surface area contributed by atoms with Crippen LogP contribution in [0, 0.1) is 0 Å². The largest absolute Gasteiger partial charge is 0.508 e. The van der Waals surface area contributed by atoms with Crippen LogP contribution in [0.4, 0.5) is 0 Å². The second-order valence-electron chi connectivity index (χ2n) is 9.26. The van der Waals surface area contributed by atoms with Crippen LogP contribution in [0.25, 0.3) is 0 Å². The van der Waals surface area contributed by atoms with Crippen molar-refractivity contribution in [3.8, 4) is 5.75 Å². The highest BCUT2D eigenvalue weighted by Gasteiger charge is 2.51. The molecule has 0 spiro atoms. The van der Waals surface area contributed by atoms with E-state index in [1.807, 2.05) is 6.07 Å². The molecule has 0 unspecified atom stereocenters. The normalized spacial score (nSPS) is 34.9. The summed E-state index contributed by atoms with van der Waals surface area (Å²) in [6.45, 7) is -1.16. The van der Waals surface area contributed by atoms with Crippen LogP contribution in [0.2, 0.25) is 0 Å². The second-order valence-corrected chi connectivity index (χ2v) is 9.26. The van der Waals surface area contributed by atoms with Crippen molar-refractivity contribution in [2.75, 3.05) is 13.2 Å². The molecule has 2 aliphatic rings. The average Bonchev–Trinajstić information content (AvgIpc) is 2.95. The Balaban J connectivity index is 1.38. The molecule has 13 heteroatoms. The van der Waals surface area contributed by atoms with E-state index in [1.165, 1.54) is 24.3 Å². The quantitative estimate of drug-likeness (QED) is 0.175. The molecule has 2 heterocycles. The van der Waals surface area contributed by atoms with E-state index >= 15 is 0 Å². The zero-order valence-corrected chi connectivity index (χ0v) is 20.7. The van der Waals surface area contributed by atoms with Crippen molar-refractivity contribution < 1.29 is 64.2 Å². The number of ether oxygens (including phenoxy) is 5. The molecule has 10 atom stereocenters. The van der Waals surface area contributed by atoms with Crippen molar-refractivity contribution in [2.24, 2.45) is 0 Å². The van der Waals surface area contributed by atoms with E-state index in [2.05, 4.69) is 0 Å². The zero-order valence-electron chi connectivity index (χ0n) is 20.7. The molecule has 0 radical (unpaired) electrons. The van der Waals surface area contributed by atoms with Crippen LogP contribution < -0.4 is 0 Å².